The highest BCUT2D eigenvalue weighted by Crippen LogP contribution is 2.32. The van der Waals surface area contributed by atoms with Crippen LogP contribution in [0.2, 0.25) is 0 Å². The van der Waals surface area contributed by atoms with Gasteiger partial charge in [0.25, 0.3) is 0 Å². The fourth-order valence-corrected chi connectivity index (χ4v) is 4.66. The lowest BCUT2D eigenvalue weighted by molar-refractivity contribution is -0.124. The van der Waals surface area contributed by atoms with Crippen molar-refractivity contribution in [2.45, 2.75) is 11.3 Å². The molecular weight excluding hydrogens is 378 g/mol. The van der Waals surface area contributed by atoms with Gasteiger partial charge in [-0.1, -0.05) is 29.5 Å². The summed E-state index contributed by atoms with van der Waals surface area (Å²) in [6.07, 6.45) is 2.24. The summed E-state index contributed by atoms with van der Waals surface area (Å²) in [7, 11) is 1.74. The number of para-hydroxylation sites is 1. The number of thioether (sulfide) groups is 1. The predicted octanol–water partition coefficient (Wildman–Crippen LogP) is 4.03. The molecule has 1 aromatic heterocycles. The van der Waals surface area contributed by atoms with Crippen LogP contribution in [0.15, 0.2) is 53.4 Å². The molecule has 4 rings (SSSR count). The highest BCUT2D eigenvalue weighted by Gasteiger charge is 2.37. The van der Waals surface area contributed by atoms with Gasteiger partial charge in [-0.3, -0.25) is 14.5 Å². The van der Waals surface area contributed by atoms with Crippen LogP contribution < -0.4 is 9.80 Å². The Hall–Kier alpha value is -2.38. The Labute approximate surface area is 166 Å². The molecule has 1 fully saturated rings. The number of hydrogen-bond donors (Lipinski definition) is 0. The SMILES string of the molecule is CSc1cccc(N2C[C@@H](C(=O)N(C)c3nc4ccccc4s3)CC2=O)c1. The van der Waals surface area contributed by atoms with Crippen molar-refractivity contribution in [1.29, 1.82) is 0 Å². The third kappa shape index (κ3) is 3.44. The summed E-state index contributed by atoms with van der Waals surface area (Å²) in [5, 5.41) is 0.663. The summed E-state index contributed by atoms with van der Waals surface area (Å²) in [5.74, 6) is -0.428. The molecule has 0 N–H and O–H groups in total. The first-order valence-corrected chi connectivity index (χ1v) is 10.7. The van der Waals surface area contributed by atoms with E-state index in [-0.39, 0.29) is 24.2 Å². The summed E-state index contributed by atoms with van der Waals surface area (Å²) < 4.78 is 1.05. The number of benzene rings is 2. The molecule has 1 saturated heterocycles. The van der Waals surface area contributed by atoms with E-state index in [1.54, 1.807) is 28.6 Å². The minimum absolute atomic E-state index is 0.00990. The standard InChI is InChI=1S/C20H19N3O2S2/c1-22(20-21-16-8-3-4-9-17(16)27-20)19(25)13-10-18(24)23(12-13)14-6-5-7-15(11-14)26-2/h3-9,11,13H,10,12H2,1-2H3/t13-/m0/s1. The van der Waals surface area contributed by atoms with Crippen molar-refractivity contribution in [2.24, 2.45) is 5.92 Å². The molecule has 138 valence electrons. The molecule has 1 aliphatic rings. The van der Waals surface area contributed by atoms with Gasteiger partial charge in [0.1, 0.15) is 0 Å². The van der Waals surface area contributed by atoms with E-state index in [0.29, 0.717) is 11.7 Å². The van der Waals surface area contributed by atoms with E-state index in [4.69, 9.17) is 0 Å². The van der Waals surface area contributed by atoms with Crippen LogP contribution in [0.4, 0.5) is 10.8 Å². The van der Waals surface area contributed by atoms with E-state index < -0.39 is 0 Å². The molecule has 0 radical (unpaired) electrons. The van der Waals surface area contributed by atoms with Crippen molar-refractivity contribution in [1.82, 2.24) is 4.98 Å². The Balaban J connectivity index is 1.53. The van der Waals surface area contributed by atoms with Gasteiger partial charge < -0.3 is 4.90 Å². The number of hydrogen-bond acceptors (Lipinski definition) is 5. The second-order valence-corrected chi connectivity index (χ2v) is 8.36. The lowest BCUT2D eigenvalue weighted by atomic mass is 10.1. The average molecular weight is 398 g/mol. The number of anilines is 2. The topological polar surface area (TPSA) is 53.5 Å². The summed E-state index contributed by atoms with van der Waals surface area (Å²) >= 11 is 3.12. The first kappa shape index (κ1) is 18.0. The number of fused-ring (bicyclic) bond motifs is 1. The largest absolute Gasteiger partial charge is 0.312 e. The molecule has 0 spiro atoms. The maximum Gasteiger partial charge on any atom is 0.233 e. The second kappa shape index (κ2) is 7.32. The zero-order valence-corrected chi connectivity index (χ0v) is 16.7. The van der Waals surface area contributed by atoms with Gasteiger partial charge in [0.15, 0.2) is 5.13 Å². The van der Waals surface area contributed by atoms with Gasteiger partial charge >= 0.3 is 0 Å². The summed E-state index contributed by atoms with van der Waals surface area (Å²) in [6, 6.07) is 15.7. The van der Waals surface area contributed by atoms with Crippen molar-refractivity contribution >= 4 is 55.9 Å². The third-order valence-electron chi connectivity index (χ3n) is 4.74. The fourth-order valence-electron chi connectivity index (χ4n) is 3.27. The molecule has 3 aromatic rings. The van der Waals surface area contributed by atoms with Gasteiger partial charge in [-0.15, -0.1) is 11.8 Å². The van der Waals surface area contributed by atoms with E-state index in [1.165, 1.54) is 11.3 Å². The van der Waals surface area contributed by atoms with Crippen LogP contribution in [-0.4, -0.2) is 36.6 Å². The van der Waals surface area contributed by atoms with Crippen molar-refractivity contribution in [3.63, 3.8) is 0 Å². The Kier molecular flexibility index (Phi) is 4.88. The number of carbonyl (C=O) groups excluding carboxylic acids is 2. The van der Waals surface area contributed by atoms with Crippen LogP contribution in [0.3, 0.4) is 0 Å². The van der Waals surface area contributed by atoms with Crippen LogP contribution >= 0.6 is 23.1 Å². The van der Waals surface area contributed by atoms with E-state index in [0.717, 1.165) is 20.8 Å². The molecule has 0 saturated carbocycles. The summed E-state index contributed by atoms with van der Waals surface area (Å²) in [5.41, 5.74) is 1.74. The molecule has 7 heteroatoms. The molecule has 2 aromatic carbocycles. The molecular formula is C20H19N3O2S2. The molecule has 1 atom stereocenters. The van der Waals surface area contributed by atoms with Gasteiger partial charge in [0, 0.05) is 30.6 Å². The van der Waals surface area contributed by atoms with Crippen molar-refractivity contribution < 1.29 is 9.59 Å². The average Bonchev–Trinajstić information content (AvgIpc) is 3.30. The lowest BCUT2D eigenvalue weighted by Gasteiger charge is -2.20. The number of amides is 2. The number of thiazole rings is 1. The Morgan fingerprint density at radius 3 is 2.85 bits per heavy atom. The number of aromatic nitrogens is 1. The van der Waals surface area contributed by atoms with Crippen LogP contribution in [0, 0.1) is 5.92 Å². The van der Waals surface area contributed by atoms with Crippen LogP contribution in [-0.2, 0) is 9.59 Å². The Bertz CT molecular complexity index is 984. The quantitative estimate of drug-likeness (QED) is 0.624. The third-order valence-corrected chi connectivity index (χ3v) is 6.58. The molecule has 1 aliphatic heterocycles. The maximum absolute atomic E-state index is 13.0. The van der Waals surface area contributed by atoms with E-state index in [9.17, 15) is 9.59 Å². The van der Waals surface area contributed by atoms with Crippen molar-refractivity contribution in [3.8, 4) is 0 Å². The number of nitrogens with zero attached hydrogens (tertiary/aromatic N) is 3. The number of carbonyl (C=O) groups is 2. The van der Waals surface area contributed by atoms with Crippen LogP contribution in [0.1, 0.15) is 6.42 Å². The lowest BCUT2D eigenvalue weighted by Crippen LogP contribution is -2.34. The van der Waals surface area contributed by atoms with E-state index in [1.807, 2.05) is 54.8 Å². The highest BCUT2D eigenvalue weighted by atomic mass is 32.2. The van der Waals surface area contributed by atoms with Crippen LogP contribution in [0.25, 0.3) is 10.2 Å². The van der Waals surface area contributed by atoms with Gasteiger partial charge in [-0.25, -0.2) is 4.98 Å². The van der Waals surface area contributed by atoms with E-state index in [2.05, 4.69) is 4.98 Å². The molecule has 2 heterocycles. The first-order valence-electron chi connectivity index (χ1n) is 8.64. The first-order chi connectivity index (χ1) is 13.1. The maximum atomic E-state index is 13.0. The van der Waals surface area contributed by atoms with Gasteiger partial charge in [-0.2, -0.15) is 0 Å². The molecule has 0 unspecified atom stereocenters. The van der Waals surface area contributed by atoms with Crippen LogP contribution in [0.5, 0.6) is 0 Å². The minimum Gasteiger partial charge on any atom is -0.312 e. The second-order valence-electron chi connectivity index (χ2n) is 6.47. The molecule has 2 amide bonds. The normalized spacial score (nSPS) is 16.9. The monoisotopic (exact) mass is 397 g/mol. The Morgan fingerprint density at radius 2 is 2.07 bits per heavy atom. The van der Waals surface area contributed by atoms with Gasteiger partial charge in [0.2, 0.25) is 11.8 Å². The molecule has 5 nitrogen and oxygen atoms in total. The predicted molar refractivity (Wildman–Crippen MR) is 112 cm³/mol. The van der Waals surface area contributed by atoms with Gasteiger partial charge in [0.05, 0.1) is 16.1 Å². The summed E-state index contributed by atoms with van der Waals surface area (Å²) in [4.78, 5) is 34.5. The number of rotatable bonds is 4. The minimum atomic E-state index is -0.354. The smallest absolute Gasteiger partial charge is 0.233 e. The zero-order valence-electron chi connectivity index (χ0n) is 15.1. The Morgan fingerprint density at radius 1 is 1.26 bits per heavy atom. The zero-order chi connectivity index (χ0) is 19.0. The molecule has 27 heavy (non-hydrogen) atoms. The fraction of sp³-hybridized carbons (Fsp3) is 0.250. The van der Waals surface area contributed by atoms with Crippen molar-refractivity contribution in [3.05, 3.63) is 48.5 Å². The molecule has 0 aliphatic carbocycles. The van der Waals surface area contributed by atoms with Crippen molar-refractivity contribution in [2.75, 3.05) is 29.6 Å². The van der Waals surface area contributed by atoms with E-state index >= 15 is 0 Å². The highest BCUT2D eigenvalue weighted by molar-refractivity contribution is 7.98. The molecule has 0 bridgehead atoms. The summed E-state index contributed by atoms with van der Waals surface area (Å²) in [6.45, 7) is 0.407. The van der Waals surface area contributed by atoms with Gasteiger partial charge in [-0.05, 0) is 36.6 Å².